The van der Waals surface area contributed by atoms with Crippen LogP contribution in [-0.4, -0.2) is 8.07 Å². The molecule has 0 nitrogen and oxygen atoms in total. The summed E-state index contributed by atoms with van der Waals surface area (Å²) in [4.78, 5) is 0. The van der Waals surface area contributed by atoms with E-state index in [0.717, 1.165) is 5.92 Å². The second-order valence-corrected chi connectivity index (χ2v) is 10.2. The lowest BCUT2D eigenvalue weighted by atomic mass is 10.1. The van der Waals surface area contributed by atoms with Gasteiger partial charge in [0.15, 0.2) is 0 Å². The fourth-order valence-corrected chi connectivity index (χ4v) is 5.23. The van der Waals surface area contributed by atoms with Crippen LogP contribution in [0.3, 0.4) is 0 Å². The number of hydrogen-bond acceptors (Lipinski definition) is 0. The molecule has 0 aliphatic heterocycles. The van der Waals surface area contributed by atoms with E-state index in [4.69, 9.17) is 0 Å². The minimum atomic E-state index is -0.918. The minimum Gasteiger partial charge on any atom is -0.0813 e. The summed E-state index contributed by atoms with van der Waals surface area (Å²) in [6.07, 6.45) is 5.93. The van der Waals surface area contributed by atoms with Crippen molar-refractivity contribution in [2.75, 3.05) is 0 Å². The van der Waals surface area contributed by atoms with Gasteiger partial charge in [-0.2, -0.15) is 0 Å². The maximum atomic E-state index is 2.55. The highest BCUT2D eigenvalue weighted by atomic mass is 28.3. The Bertz CT molecular complexity index is 225. The Kier molecular flexibility index (Phi) is 1.94. The molecule has 0 radical (unpaired) electrons. The molecule has 1 heteroatoms. The van der Waals surface area contributed by atoms with Gasteiger partial charge in [-0.15, -0.1) is 0 Å². The Balaban J connectivity index is 2.25. The predicted octanol–water partition coefficient (Wildman–Crippen LogP) is 3.75. The molecule has 1 atom stereocenters. The van der Waals surface area contributed by atoms with E-state index in [0.29, 0.717) is 0 Å². The van der Waals surface area contributed by atoms with Crippen molar-refractivity contribution in [3.8, 4) is 0 Å². The summed E-state index contributed by atoms with van der Waals surface area (Å²) in [6.45, 7) is 7.48. The average molecular weight is 180 g/mol. The molecule has 2 bridgehead atoms. The van der Waals surface area contributed by atoms with E-state index in [2.05, 4.69) is 20.0 Å². The zero-order valence-corrected chi connectivity index (χ0v) is 9.61. The van der Waals surface area contributed by atoms with Gasteiger partial charge in [-0.3, -0.25) is 0 Å². The summed E-state index contributed by atoms with van der Waals surface area (Å²) in [6, 6.07) is 1.44. The quantitative estimate of drug-likeness (QED) is 0.568. The van der Waals surface area contributed by atoms with Crippen molar-refractivity contribution in [1.82, 2.24) is 0 Å². The van der Waals surface area contributed by atoms with E-state index in [1.807, 2.05) is 10.8 Å². The lowest BCUT2D eigenvalue weighted by Crippen LogP contribution is -2.28. The van der Waals surface area contributed by atoms with Crippen LogP contribution in [-0.2, 0) is 0 Å². The van der Waals surface area contributed by atoms with Crippen molar-refractivity contribution in [2.45, 2.75) is 51.7 Å². The molecule has 0 heterocycles. The van der Waals surface area contributed by atoms with E-state index in [1.165, 1.54) is 31.7 Å². The highest BCUT2D eigenvalue weighted by Crippen LogP contribution is 2.47. The van der Waals surface area contributed by atoms with Crippen LogP contribution in [0.2, 0.25) is 19.1 Å². The first-order valence-corrected chi connectivity index (χ1v) is 8.55. The van der Waals surface area contributed by atoms with E-state index in [-0.39, 0.29) is 0 Å². The van der Waals surface area contributed by atoms with Gasteiger partial charge < -0.3 is 0 Å². The predicted molar refractivity (Wildman–Crippen MR) is 56.9 cm³/mol. The van der Waals surface area contributed by atoms with Gasteiger partial charge >= 0.3 is 0 Å². The first-order valence-electron chi connectivity index (χ1n) is 5.35. The van der Waals surface area contributed by atoms with Crippen molar-refractivity contribution in [3.05, 3.63) is 10.8 Å². The van der Waals surface area contributed by atoms with Crippen molar-refractivity contribution in [2.24, 2.45) is 5.92 Å². The van der Waals surface area contributed by atoms with Crippen molar-refractivity contribution < 1.29 is 0 Å². The van der Waals surface area contributed by atoms with E-state index in [1.54, 1.807) is 0 Å². The second kappa shape index (κ2) is 2.73. The van der Waals surface area contributed by atoms with Crippen molar-refractivity contribution >= 4 is 8.07 Å². The van der Waals surface area contributed by atoms with E-state index < -0.39 is 8.07 Å². The summed E-state index contributed by atoms with van der Waals surface area (Å²) in [5.41, 5.74) is 1.89. The summed E-state index contributed by atoms with van der Waals surface area (Å²) >= 11 is 0. The van der Waals surface area contributed by atoms with Crippen LogP contribution in [0, 0.1) is 5.92 Å². The smallest absolute Gasteiger partial charge is 0.0751 e. The third kappa shape index (κ3) is 1.19. The topological polar surface area (TPSA) is 0 Å². The lowest BCUT2D eigenvalue weighted by molar-refractivity contribution is 0.570. The van der Waals surface area contributed by atoms with Gasteiger partial charge in [0, 0.05) is 0 Å². The second-order valence-electron chi connectivity index (χ2n) is 5.13. The molecule has 0 amide bonds. The minimum absolute atomic E-state index is 0.918. The Labute approximate surface area is 77.1 Å². The Morgan fingerprint density at radius 2 is 2.08 bits per heavy atom. The monoisotopic (exact) mass is 180 g/mol. The maximum Gasteiger partial charge on any atom is 0.0751 e. The van der Waals surface area contributed by atoms with Crippen molar-refractivity contribution in [3.63, 3.8) is 0 Å². The third-order valence-electron chi connectivity index (χ3n) is 4.01. The molecule has 1 saturated carbocycles. The van der Waals surface area contributed by atoms with E-state index >= 15 is 0 Å². The Hall–Kier alpha value is -0.0431. The number of hydrogen-bond donors (Lipinski definition) is 0. The molecule has 68 valence electrons. The highest BCUT2D eigenvalue weighted by Gasteiger charge is 2.37. The van der Waals surface area contributed by atoms with E-state index in [9.17, 15) is 0 Å². The third-order valence-corrected chi connectivity index (χ3v) is 7.97. The molecule has 1 unspecified atom stereocenters. The number of fused-ring (bicyclic) bond motifs is 2. The van der Waals surface area contributed by atoms with Crippen LogP contribution >= 0.6 is 0 Å². The standard InChI is InChI=1S/C11H20Si/c1-4-12(2,3)11-8-9-5-6-10(11)7-9/h9H,4-8H2,1-3H3. The fraction of sp³-hybridized carbons (Fsp3) is 0.818. The molecular weight excluding hydrogens is 160 g/mol. The maximum absolute atomic E-state index is 2.55. The average Bonchev–Trinajstić information content (AvgIpc) is 2.64. The molecule has 0 aromatic rings. The number of rotatable bonds is 2. The zero-order chi connectivity index (χ0) is 8.77. The molecule has 2 aliphatic carbocycles. The lowest BCUT2D eigenvalue weighted by Gasteiger charge is -2.26. The molecule has 0 spiro atoms. The van der Waals surface area contributed by atoms with Crippen LogP contribution in [0.5, 0.6) is 0 Å². The molecule has 0 aromatic carbocycles. The fourth-order valence-electron chi connectivity index (χ4n) is 2.78. The summed E-state index contributed by atoms with van der Waals surface area (Å²) in [7, 11) is -0.918. The molecule has 2 rings (SSSR count). The summed E-state index contributed by atoms with van der Waals surface area (Å²) in [5, 5.41) is 1.96. The Morgan fingerprint density at radius 3 is 2.50 bits per heavy atom. The van der Waals surface area contributed by atoms with Gasteiger partial charge in [-0.1, -0.05) is 36.8 Å². The van der Waals surface area contributed by atoms with Gasteiger partial charge in [0.1, 0.15) is 0 Å². The normalized spacial score (nSPS) is 28.8. The van der Waals surface area contributed by atoms with Crippen LogP contribution in [0.15, 0.2) is 10.8 Å². The van der Waals surface area contributed by atoms with Crippen LogP contribution in [0.4, 0.5) is 0 Å². The molecule has 0 N–H and O–H groups in total. The zero-order valence-electron chi connectivity index (χ0n) is 8.61. The van der Waals surface area contributed by atoms with Gasteiger partial charge in [-0.25, -0.2) is 0 Å². The van der Waals surface area contributed by atoms with Crippen LogP contribution in [0.25, 0.3) is 0 Å². The van der Waals surface area contributed by atoms with Gasteiger partial charge in [-0.05, 0) is 31.6 Å². The van der Waals surface area contributed by atoms with Crippen molar-refractivity contribution in [1.29, 1.82) is 0 Å². The Morgan fingerprint density at radius 1 is 1.33 bits per heavy atom. The van der Waals surface area contributed by atoms with Crippen LogP contribution in [0.1, 0.15) is 32.6 Å². The molecular formula is C11H20Si. The molecule has 2 aliphatic rings. The van der Waals surface area contributed by atoms with Gasteiger partial charge in [0.25, 0.3) is 0 Å². The van der Waals surface area contributed by atoms with Gasteiger partial charge in [0.2, 0.25) is 0 Å². The molecule has 0 aromatic heterocycles. The first kappa shape index (κ1) is 8.55. The summed E-state index contributed by atoms with van der Waals surface area (Å²) in [5.74, 6) is 1.08. The molecule has 12 heavy (non-hydrogen) atoms. The molecule has 0 saturated heterocycles. The largest absolute Gasteiger partial charge is 0.0813 e. The van der Waals surface area contributed by atoms with Crippen LogP contribution < -0.4 is 0 Å². The highest BCUT2D eigenvalue weighted by molar-refractivity contribution is 6.84. The molecule has 1 fully saturated rings. The SMILES string of the molecule is CC[Si](C)(C)C1=C2CCC(C2)C1. The van der Waals surface area contributed by atoms with Gasteiger partial charge in [0.05, 0.1) is 8.07 Å². The number of allylic oxidation sites excluding steroid dienone is 2. The summed E-state index contributed by atoms with van der Waals surface area (Å²) < 4.78 is 0. The first-order chi connectivity index (χ1) is 5.63.